The molecule has 1 saturated carbocycles. The summed E-state index contributed by atoms with van der Waals surface area (Å²) in [6, 6.07) is 8.06. The molecule has 1 amide bonds. The first-order valence-corrected chi connectivity index (χ1v) is 9.73. The fraction of sp³-hybridized carbons (Fsp3) is 0.227. The maximum atomic E-state index is 12.9. The summed E-state index contributed by atoms with van der Waals surface area (Å²) in [7, 11) is 1.58. The first-order valence-electron chi connectivity index (χ1n) is 9.73. The van der Waals surface area contributed by atoms with Gasteiger partial charge in [0.2, 0.25) is 0 Å². The van der Waals surface area contributed by atoms with Gasteiger partial charge in [-0.05, 0) is 44.1 Å². The number of hydrogen-bond donors (Lipinski definition) is 1. The maximum Gasteiger partial charge on any atom is 0.273 e. The van der Waals surface area contributed by atoms with Gasteiger partial charge in [-0.15, -0.1) is 10.2 Å². The van der Waals surface area contributed by atoms with E-state index in [9.17, 15) is 4.79 Å². The highest BCUT2D eigenvalue weighted by atomic mass is 16.1. The minimum atomic E-state index is -0.310. The molecule has 0 unspecified atom stereocenters. The molecule has 1 aliphatic rings. The molecular formula is C22H23N7O. The second kappa shape index (κ2) is 8.28. The highest BCUT2D eigenvalue weighted by molar-refractivity contribution is 6.48. The van der Waals surface area contributed by atoms with E-state index in [1.165, 1.54) is 0 Å². The summed E-state index contributed by atoms with van der Waals surface area (Å²) in [6.45, 7) is 5.72. The molecule has 0 atom stereocenters. The number of carbonyl (C=O) groups excluding carboxylic acids is 1. The van der Waals surface area contributed by atoms with Crippen LogP contribution in [0.15, 0.2) is 66.7 Å². The zero-order valence-corrected chi connectivity index (χ0v) is 17.0. The Kier molecular flexibility index (Phi) is 5.38. The van der Waals surface area contributed by atoms with Gasteiger partial charge < -0.3 is 14.5 Å². The Morgan fingerprint density at radius 3 is 2.87 bits per heavy atom. The Balaban J connectivity index is 1.55. The van der Waals surface area contributed by atoms with Crippen LogP contribution in [-0.4, -0.2) is 43.0 Å². The van der Waals surface area contributed by atoms with E-state index in [1.54, 1.807) is 31.7 Å². The molecule has 1 N–H and O–H groups in total. The number of rotatable bonds is 7. The largest absolute Gasteiger partial charge is 0.321 e. The van der Waals surface area contributed by atoms with E-state index >= 15 is 0 Å². The number of anilines is 1. The number of aromatic nitrogens is 5. The van der Waals surface area contributed by atoms with Crippen molar-refractivity contribution < 1.29 is 4.79 Å². The lowest BCUT2D eigenvalue weighted by molar-refractivity contribution is -0.110. The van der Waals surface area contributed by atoms with Gasteiger partial charge in [-0.2, -0.15) is 0 Å². The van der Waals surface area contributed by atoms with Crippen LogP contribution in [-0.2, 0) is 4.79 Å². The van der Waals surface area contributed by atoms with Crippen molar-refractivity contribution in [2.45, 2.75) is 25.8 Å². The molecule has 3 aromatic rings. The van der Waals surface area contributed by atoms with Crippen LogP contribution in [0.25, 0.3) is 17.1 Å². The lowest BCUT2D eigenvalue weighted by atomic mass is 10.1. The molecule has 2 aromatic heterocycles. The first-order chi connectivity index (χ1) is 14.6. The smallest absolute Gasteiger partial charge is 0.273 e. The molecule has 1 aliphatic carbocycles. The van der Waals surface area contributed by atoms with Gasteiger partial charge in [0.25, 0.3) is 5.91 Å². The van der Waals surface area contributed by atoms with E-state index in [2.05, 4.69) is 36.6 Å². The molecule has 1 aromatic carbocycles. The van der Waals surface area contributed by atoms with Crippen molar-refractivity contribution in [3.63, 3.8) is 0 Å². The molecule has 30 heavy (non-hydrogen) atoms. The number of imidazole rings is 1. The molecule has 0 saturated heterocycles. The summed E-state index contributed by atoms with van der Waals surface area (Å²) in [5, 5.41) is 11.2. The number of hydrogen-bond acceptors (Lipinski definition) is 5. The van der Waals surface area contributed by atoms with Crippen LogP contribution in [0.4, 0.5) is 5.69 Å². The molecular weight excluding hydrogens is 378 g/mol. The quantitative estimate of drug-likeness (QED) is 0.484. The summed E-state index contributed by atoms with van der Waals surface area (Å²) in [5.41, 5.74) is 2.57. The highest BCUT2D eigenvalue weighted by Gasteiger charge is 2.26. The number of allylic oxidation sites excluding steroid dienone is 2. The van der Waals surface area contributed by atoms with Gasteiger partial charge in [0.05, 0.1) is 0 Å². The van der Waals surface area contributed by atoms with Crippen LogP contribution in [0, 0.1) is 6.92 Å². The third-order valence-electron chi connectivity index (χ3n) is 4.96. The highest BCUT2D eigenvalue weighted by Crippen LogP contribution is 2.37. The second-order valence-corrected chi connectivity index (χ2v) is 7.05. The minimum Gasteiger partial charge on any atom is -0.321 e. The Morgan fingerprint density at radius 2 is 2.20 bits per heavy atom. The Morgan fingerprint density at radius 1 is 1.37 bits per heavy atom. The number of benzene rings is 1. The SMILES string of the molecule is C=C/C(=C\C(=NC)C(=O)Nc1cccc(-c2nncn2C2CC2)c1)n1ccnc1C. The van der Waals surface area contributed by atoms with Crippen LogP contribution in [0.3, 0.4) is 0 Å². The summed E-state index contributed by atoms with van der Waals surface area (Å²) < 4.78 is 3.93. The number of amides is 1. The van der Waals surface area contributed by atoms with Crippen LogP contribution in [0.5, 0.6) is 0 Å². The topological polar surface area (TPSA) is 90.0 Å². The summed E-state index contributed by atoms with van der Waals surface area (Å²) in [6.07, 6.45) is 10.9. The van der Waals surface area contributed by atoms with Gasteiger partial charge in [-0.1, -0.05) is 18.7 Å². The average Bonchev–Trinajstić information content (AvgIpc) is 3.32. The average molecular weight is 401 g/mol. The van der Waals surface area contributed by atoms with Crippen LogP contribution >= 0.6 is 0 Å². The van der Waals surface area contributed by atoms with Gasteiger partial charge in [0.15, 0.2) is 5.82 Å². The first kappa shape index (κ1) is 19.5. The van der Waals surface area contributed by atoms with Gasteiger partial charge in [0, 0.05) is 42.4 Å². The Bertz CT molecular complexity index is 1150. The number of carbonyl (C=O) groups is 1. The summed E-state index contributed by atoms with van der Waals surface area (Å²) >= 11 is 0. The number of nitrogens with zero attached hydrogens (tertiary/aromatic N) is 6. The number of nitrogens with one attached hydrogen (secondary N) is 1. The van der Waals surface area contributed by atoms with Crippen molar-refractivity contribution in [1.29, 1.82) is 0 Å². The third-order valence-corrected chi connectivity index (χ3v) is 4.96. The fourth-order valence-corrected chi connectivity index (χ4v) is 3.25. The van der Waals surface area contributed by atoms with Gasteiger partial charge >= 0.3 is 0 Å². The third kappa shape index (κ3) is 3.98. The molecule has 0 bridgehead atoms. The van der Waals surface area contributed by atoms with E-state index in [0.29, 0.717) is 17.4 Å². The molecule has 8 heteroatoms. The molecule has 0 aliphatic heterocycles. The normalized spacial score (nSPS) is 14.6. The molecule has 0 radical (unpaired) electrons. The predicted molar refractivity (Wildman–Crippen MR) is 117 cm³/mol. The van der Waals surface area contributed by atoms with Crippen LogP contribution < -0.4 is 5.32 Å². The van der Waals surface area contributed by atoms with Gasteiger partial charge in [-0.25, -0.2) is 4.98 Å². The summed E-state index contributed by atoms with van der Waals surface area (Å²) in [5.74, 6) is 1.29. The molecule has 4 rings (SSSR count). The molecule has 152 valence electrons. The molecule has 0 spiro atoms. The standard InChI is InChI=1S/C22H23N7O/c1-4-18(28-11-10-24-15(28)2)13-20(23-3)22(30)26-17-7-5-6-16(12-17)21-27-25-14-29(21)19-8-9-19/h4-7,10-14,19H,1,8-9H2,2-3H3,(H,26,30)/b18-13+,23-20?. The molecule has 8 nitrogen and oxygen atoms in total. The van der Waals surface area contributed by atoms with E-state index in [1.807, 2.05) is 42.0 Å². The molecule has 1 fully saturated rings. The lowest BCUT2D eigenvalue weighted by Crippen LogP contribution is -2.22. The Labute approximate surface area is 174 Å². The van der Waals surface area contributed by atoms with Gasteiger partial charge in [0.1, 0.15) is 17.9 Å². The Hall–Kier alpha value is -3.81. The maximum absolute atomic E-state index is 12.9. The number of aliphatic imine (C=N–C) groups is 1. The van der Waals surface area contributed by atoms with Crippen molar-refractivity contribution in [2.75, 3.05) is 12.4 Å². The monoisotopic (exact) mass is 401 g/mol. The second-order valence-electron chi connectivity index (χ2n) is 7.05. The predicted octanol–water partition coefficient (Wildman–Crippen LogP) is 3.52. The van der Waals surface area contributed by atoms with Crippen molar-refractivity contribution in [3.8, 4) is 11.4 Å². The lowest BCUT2D eigenvalue weighted by Gasteiger charge is -2.10. The van der Waals surface area contributed by atoms with Crippen molar-refractivity contribution >= 4 is 23.0 Å². The number of aryl methyl sites for hydroxylation is 1. The van der Waals surface area contributed by atoms with Crippen molar-refractivity contribution in [2.24, 2.45) is 4.99 Å². The van der Waals surface area contributed by atoms with Crippen LogP contribution in [0.1, 0.15) is 24.7 Å². The molecule has 2 heterocycles. The van der Waals surface area contributed by atoms with Crippen molar-refractivity contribution in [3.05, 3.63) is 67.5 Å². The zero-order chi connectivity index (χ0) is 21.1. The van der Waals surface area contributed by atoms with E-state index in [0.717, 1.165) is 30.1 Å². The van der Waals surface area contributed by atoms with Crippen molar-refractivity contribution in [1.82, 2.24) is 24.3 Å². The fourth-order valence-electron chi connectivity index (χ4n) is 3.25. The zero-order valence-electron chi connectivity index (χ0n) is 17.0. The van der Waals surface area contributed by atoms with Crippen LogP contribution in [0.2, 0.25) is 0 Å². The van der Waals surface area contributed by atoms with Gasteiger partial charge in [-0.3, -0.25) is 9.79 Å². The van der Waals surface area contributed by atoms with E-state index in [-0.39, 0.29) is 11.6 Å². The van der Waals surface area contributed by atoms with E-state index in [4.69, 9.17) is 0 Å². The minimum absolute atomic E-state index is 0.282. The summed E-state index contributed by atoms with van der Waals surface area (Å²) in [4.78, 5) is 21.2. The van der Waals surface area contributed by atoms with E-state index < -0.39 is 0 Å².